The topological polar surface area (TPSA) is 90.1 Å². The van der Waals surface area contributed by atoms with Crippen LogP contribution in [0.1, 0.15) is 51.4 Å². The number of carbonyl (C=O) groups is 1. The molecule has 0 aromatic carbocycles. The fourth-order valence-corrected chi connectivity index (χ4v) is 2.47. The van der Waals surface area contributed by atoms with Gasteiger partial charge in [0.1, 0.15) is 17.9 Å². The maximum Gasteiger partial charge on any atom is 0.312 e. The number of nitrogens with zero attached hydrogens (tertiary/aromatic N) is 3. The third-order valence-electron chi connectivity index (χ3n) is 3.65. The van der Waals surface area contributed by atoms with E-state index in [4.69, 9.17) is 0 Å². The minimum absolute atomic E-state index is 0.00896. The number of hydrogen-bond donors (Lipinski definition) is 1. The molecular formula is C15H26N4O3. The second kappa shape index (κ2) is 7.91. The molecule has 1 aromatic rings. The van der Waals surface area contributed by atoms with E-state index in [0.29, 0.717) is 17.3 Å². The second-order valence-electron chi connectivity index (χ2n) is 6.23. The molecule has 7 nitrogen and oxygen atoms in total. The molecule has 1 rings (SSSR count). The molecule has 22 heavy (non-hydrogen) atoms. The van der Waals surface area contributed by atoms with Crippen LogP contribution < -0.4 is 5.32 Å². The highest BCUT2D eigenvalue weighted by Gasteiger charge is 2.22. The van der Waals surface area contributed by atoms with Gasteiger partial charge in [0, 0.05) is 6.04 Å². The molecule has 0 fully saturated rings. The number of nitro groups is 1. The van der Waals surface area contributed by atoms with E-state index in [0.717, 1.165) is 19.3 Å². The Morgan fingerprint density at radius 3 is 2.45 bits per heavy atom. The Bertz CT molecular complexity index is 537. The fraction of sp³-hybridized carbons (Fsp3) is 0.733. The van der Waals surface area contributed by atoms with Gasteiger partial charge in [-0.25, -0.2) is 0 Å². The van der Waals surface area contributed by atoms with Gasteiger partial charge in [0.15, 0.2) is 0 Å². The van der Waals surface area contributed by atoms with Crippen molar-refractivity contribution < 1.29 is 9.72 Å². The van der Waals surface area contributed by atoms with Crippen molar-refractivity contribution in [1.82, 2.24) is 15.1 Å². The van der Waals surface area contributed by atoms with Crippen molar-refractivity contribution in [3.8, 4) is 0 Å². The number of aryl methyl sites for hydroxylation is 1. The van der Waals surface area contributed by atoms with Crippen LogP contribution in [0.3, 0.4) is 0 Å². The van der Waals surface area contributed by atoms with E-state index in [1.807, 2.05) is 6.92 Å². The molecule has 7 heteroatoms. The summed E-state index contributed by atoms with van der Waals surface area (Å²) in [5.74, 6) is 0.496. The summed E-state index contributed by atoms with van der Waals surface area (Å²) in [6.45, 7) is 9.53. The quantitative estimate of drug-likeness (QED) is 0.590. The first-order valence-electron chi connectivity index (χ1n) is 7.70. The van der Waals surface area contributed by atoms with Crippen molar-refractivity contribution >= 4 is 11.6 Å². The number of amides is 1. The summed E-state index contributed by atoms with van der Waals surface area (Å²) in [7, 11) is 0. The summed E-state index contributed by atoms with van der Waals surface area (Å²) in [6, 6.07) is 0.0956. The fourth-order valence-electron chi connectivity index (χ4n) is 2.47. The summed E-state index contributed by atoms with van der Waals surface area (Å²) in [5.41, 5.74) is 0.725. The van der Waals surface area contributed by atoms with Gasteiger partial charge in [0.25, 0.3) is 0 Å². The van der Waals surface area contributed by atoms with Gasteiger partial charge < -0.3 is 5.32 Å². The first kappa shape index (κ1) is 18.1. The predicted molar refractivity (Wildman–Crippen MR) is 84.6 cm³/mol. The highest BCUT2D eigenvalue weighted by molar-refractivity contribution is 5.76. The van der Waals surface area contributed by atoms with Crippen molar-refractivity contribution in [3.05, 3.63) is 21.5 Å². The van der Waals surface area contributed by atoms with E-state index in [1.54, 1.807) is 13.8 Å². The van der Waals surface area contributed by atoms with Gasteiger partial charge in [-0.05, 0) is 33.1 Å². The zero-order chi connectivity index (χ0) is 16.9. The van der Waals surface area contributed by atoms with E-state index in [2.05, 4.69) is 24.3 Å². The molecule has 0 spiro atoms. The summed E-state index contributed by atoms with van der Waals surface area (Å²) < 4.78 is 1.39. The first-order chi connectivity index (χ1) is 10.2. The summed E-state index contributed by atoms with van der Waals surface area (Å²) in [5, 5.41) is 17.9. The number of nitrogens with one attached hydrogen (secondary N) is 1. The molecule has 0 saturated carbocycles. The van der Waals surface area contributed by atoms with Crippen LogP contribution in [0.15, 0.2) is 0 Å². The number of aromatic nitrogens is 2. The lowest BCUT2D eigenvalue weighted by molar-refractivity contribution is -0.386. The smallest absolute Gasteiger partial charge is 0.312 e. The van der Waals surface area contributed by atoms with Crippen LogP contribution in [-0.4, -0.2) is 26.7 Å². The third kappa shape index (κ3) is 5.13. The Kier molecular flexibility index (Phi) is 6.52. The molecule has 0 aliphatic heterocycles. The molecule has 1 atom stereocenters. The highest BCUT2D eigenvalue weighted by atomic mass is 16.6. The molecule has 0 radical (unpaired) electrons. The Labute approximate surface area is 131 Å². The van der Waals surface area contributed by atoms with Gasteiger partial charge in [-0.1, -0.05) is 26.7 Å². The Balaban J connectivity index is 2.55. The third-order valence-corrected chi connectivity index (χ3v) is 3.65. The van der Waals surface area contributed by atoms with Crippen LogP contribution in [-0.2, 0) is 11.3 Å². The van der Waals surface area contributed by atoms with Gasteiger partial charge in [-0.3, -0.25) is 19.6 Å². The maximum absolute atomic E-state index is 12.0. The zero-order valence-corrected chi connectivity index (χ0v) is 14.0. The van der Waals surface area contributed by atoms with Crippen LogP contribution in [0.5, 0.6) is 0 Å². The molecule has 0 saturated heterocycles. The first-order valence-corrected chi connectivity index (χ1v) is 7.70. The summed E-state index contributed by atoms with van der Waals surface area (Å²) in [4.78, 5) is 22.5. The minimum atomic E-state index is -0.458. The molecule has 1 aromatic heterocycles. The molecule has 0 bridgehead atoms. The molecule has 0 aliphatic rings. The van der Waals surface area contributed by atoms with E-state index in [1.165, 1.54) is 4.68 Å². The summed E-state index contributed by atoms with van der Waals surface area (Å²) >= 11 is 0. The van der Waals surface area contributed by atoms with Crippen molar-refractivity contribution in [2.24, 2.45) is 5.92 Å². The molecular weight excluding hydrogens is 284 g/mol. The lowest BCUT2D eigenvalue weighted by Crippen LogP contribution is -2.35. The number of carbonyl (C=O) groups excluding carboxylic acids is 1. The lowest BCUT2D eigenvalue weighted by Gasteiger charge is -2.14. The average Bonchev–Trinajstić information content (AvgIpc) is 2.63. The van der Waals surface area contributed by atoms with E-state index in [9.17, 15) is 14.9 Å². The Hall–Kier alpha value is -1.92. The standard InChI is InChI=1S/C15H26N4O3/c1-10(2)7-6-8-11(3)16-14(20)9-18-13(5)15(19(21)22)12(4)17-18/h10-11H,6-9H2,1-5H3,(H,16,20). The average molecular weight is 310 g/mol. The van der Waals surface area contributed by atoms with E-state index >= 15 is 0 Å². The van der Waals surface area contributed by atoms with Crippen molar-refractivity contribution in [1.29, 1.82) is 0 Å². The highest BCUT2D eigenvalue weighted by Crippen LogP contribution is 2.21. The van der Waals surface area contributed by atoms with Gasteiger partial charge in [0.2, 0.25) is 5.91 Å². The van der Waals surface area contributed by atoms with Crippen molar-refractivity contribution in [2.45, 2.75) is 66.5 Å². The molecule has 1 N–H and O–H groups in total. The lowest BCUT2D eigenvalue weighted by atomic mass is 10.0. The van der Waals surface area contributed by atoms with Crippen LogP contribution in [0.4, 0.5) is 5.69 Å². The number of hydrogen-bond acceptors (Lipinski definition) is 4. The summed E-state index contributed by atoms with van der Waals surface area (Å²) in [6.07, 6.45) is 3.15. The number of rotatable bonds is 8. The van der Waals surface area contributed by atoms with E-state index < -0.39 is 4.92 Å². The maximum atomic E-state index is 12.0. The van der Waals surface area contributed by atoms with Gasteiger partial charge in [0.05, 0.1) is 4.92 Å². The van der Waals surface area contributed by atoms with Gasteiger partial charge >= 0.3 is 5.69 Å². The van der Waals surface area contributed by atoms with Crippen LogP contribution in [0, 0.1) is 29.9 Å². The SMILES string of the molecule is Cc1nn(CC(=O)NC(C)CCCC(C)C)c(C)c1[N+](=O)[O-]. The molecule has 1 amide bonds. The molecule has 0 aliphatic carbocycles. The monoisotopic (exact) mass is 310 g/mol. The van der Waals surface area contributed by atoms with Crippen LogP contribution in [0.2, 0.25) is 0 Å². The molecule has 1 heterocycles. The normalized spacial score (nSPS) is 12.5. The molecule has 1 unspecified atom stereocenters. The second-order valence-corrected chi connectivity index (χ2v) is 6.23. The minimum Gasteiger partial charge on any atom is -0.352 e. The van der Waals surface area contributed by atoms with Crippen LogP contribution >= 0.6 is 0 Å². The van der Waals surface area contributed by atoms with E-state index in [-0.39, 0.29) is 24.2 Å². The van der Waals surface area contributed by atoms with Gasteiger partial charge in [-0.2, -0.15) is 5.10 Å². The van der Waals surface area contributed by atoms with Crippen LogP contribution in [0.25, 0.3) is 0 Å². The van der Waals surface area contributed by atoms with Gasteiger partial charge in [-0.15, -0.1) is 0 Å². The largest absolute Gasteiger partial charge is 0.352 e. The Morgan fingerprint density at radius 2 is 1.95 bits per heavy atom. The predicted octanol–water partition coefficient (Wildman–Crippen LogP) is 2.74. The molecule has 124 valence electrons. The zero-order valence-electron chi connectivity index (χ0n) is 14.0. The Morgan fingerprint density at radius 1 is 1.32 bits per heavy atom. The van der Waals surface area contributed by atoms with Crippen molar-refractivity contribution in [2.75, 3.05) is 0 Å². The van der Waals surface area contributed by atoms with Crippen molar-refractivity contribution in [3.63, 3.8) is 0 Å².